The van der Waals surface area contributed by atoms with Gasteiger partial charge in [0.1, 0.15) is 5.82 Å². The van der Waals surface area contributed by atoms with Crippen LogP contribution in [0.25, 0.3) is 0 Å². The minimum absolute atomic E-state index is 0.0582. The van der Waals surface area contributed by atoms with Crippen molar-refractivity contribution in [3.8, 4) is 0 Å². The first kappa shape index (κ1) is 20.3. The second-order valence-electron chi connectivity index (χ2n) is 7.48. The van der Waals surface area contributed by atoms with Crippen LogP contribution in [-0.4, -0.2) is 29.2 Å². The first-order valence-electron chi connectivity index (χ1n) is 9.41. The van der Waals surface area contributed by atoms with Crippen molar-refractivity contribution in [3.05, 3.63) is 70.5 Å². The molecule has 0 saturated heterocycles. The van der Waals surface area contributed by atoms with Crippen LogP contribution in [-0.2, 0) is 16.2 Å². The normalized spacial score (nSPS) is 16.0. The number of oxime groups is 1. The van der Waals surface area contributed by atoms with Crippen molar-refractivity contribution >= 4 is 23.2 Å². The van der Waals surface area contributed by atoms with Gasteiger partial charge in [-0.1, -0.05) is 54.9 Å². The standard InChI is InChI=1S/C22H24ClFN2O2/c1-15(2)11-22(27)26(13-16-3-9-19(24)10-4-16)14-20-12-21(25-28-20)17-5-7-18(23)8-6-17/h3-10,15,20H,11-14H2,1-2H3/t20-/m1/s1. The number of rotatable bonds is 7. The van der Waals surface area contributed by atoms with Crippen molar-refractivity contribution in [2.45, 2.75) is 39.3 Å². The zero-order valence-electron chi connectivity index (χ0n) is 16.1. The van der Waals surface area contributed by atoms with Gasteiger partial charge >= 0.3 is 0 Å². The predicted molar refractivity (Wildman–Crippen MR) is 109 cm³/mol. The molecule has 4 nitrogen and oxygen atoms in total. The van der Waals surface area contributed by atoms with Crippen LogP contribution in [0.5, 0.6) is 0 Å². The lowest BCUT2D eigenvalue weighted by molar-refractivity contribution is -0.134. The number of halogens is 2. The number of amides is 1. The molecular weight excluding hydrogens is 379 g/mol. The van der Waals surface area contributed by atoms with Crippen molar-refractivity contribution in [2.24, 2.45) is 11.1 Å². The van der Waals surface area contributed by atoms with E-state index in [1.807, 2.05) is 38.1 Å². The summed E-state index contributed by atoms with van der Waals surface area (Å²) >= 11 is 5.94. The Labute approximate surface area is 169 Å². The maximum atomic E-state index is 13.2. The molecule has 0 spiro atoms. The third kappa shape index (κ3) is 5.55. The largest absolute Gasteiger partial charge is 0.390 e. The summed E-state index contributed by atoms with van der Waals surface area (Å²) in [6, 6.07) is 13.7. The molecule has 0 saturated carbocycles. The average molecular weight is 403 g/mol. The Kier molecular flexibility index (Phi) is 6.68. The zero-order valence-corrected chi connectivity index (χ0v) is 16.8. The third-order valence-electron chi connectivity index (χ3n) is 4.56. The molecule has 1 atom stereocenters. The van der Waals surface area contributed by atoms with E-state index in [2.05, 4.69) is 5.16 Å². The van der Waals surface area contributed by atoms with Gasteiger partial charge in [-0.05, 0) is 41.3 Å². The van der Waals surface area contributed by atoms with Crippen LogP contribution in [0.4, 0.5) is 4.39 Å². The molecular formula is C22H24ClFN2O2. The summed E-state index contributed by atoms with van der Waals surface area (Å²) in [6.07, 6.45) is 0.872. The molecule has 1 amide bonds. The quantitative estimate of drug-likeness (QED) is 0.650. The van der Waals surface area contributed by atoms with E-state index in [-0.39, 0.29) is 23.7 Å². The summed E-state index contributed by atoms with van der Waals surface area (Å²) in [5.74, 6) is 0.0281. The van der Waals surface area contributed by atoms with Crippen LogP contribution >= 0.6 is 11.6 Å². The molecule has 6 heteroatoms. The first-order chi connectivity index (χ1) is 13.4. The molecule has 3 rings (SSSR count). The average Bonchev–Trinajstić information content (AvgIpc) is 3.11. The zero-order chi connectivity index (χ0) is 20.1. The smallest absolute Gasteiger partial charge is 0.223 e. The molecule has 0 fully saturated rings. The Morgan fingerprint density at radius 3 is 2.54 bits per heavy atom. The van der Waals surface area contributed by atoms with Crippen molar-refractivity contribution in [1.29, 1.82) is 0 Å². The fourth-order valence-electron chi connectivity index (χ4n) is 3.13. The van der Waals surface area contributed by atoms with Gasteiger partial charge in [0.25, 0.3) is 0 Å². The summed E-state index contributed by atoms with van der Waals surface area (Å²) < 4.78 is 13.2. The second-order valence-corrected chi connectivity index (χ2v) is 7.91. The summed E-state index contributed by atoms with van der Waals surface area (Å²) in [5.41, 5.74) is 2.69. The van der Waals surface area contributed by atoms with Gasteiger partial charge in [0.15, 0.2) is 6.10 Å². The lowest BCUT2D eigenvalue weighted by Crippen LogP contribution is -2.37. The van der Waals surface area contributed by atoms with Crippen LogP contribution < -0.4 is 0 Å². The number of carbonyl (C=O) groups is 1. The van der Waals surface area contributed by atoms with Gasteiger partial charge in [-0.15, -0.1) is 0 Å². The Morgan fingerprint density at radius 2 is 1.89 bits per heavy atom. The van der Waals surface area contributed by atoms with E-state index in [0.29, 0.717) is 31.0 Å². The van der Waals surface area contributed by atoms with Crippen LogP contribution in [0, 0.1) is 11.7 Å². The molecule has 1 aliphatic heterocycles. The second kappa shape index (κ2) is 9.20. The predicted octanol–water partition coefficient (Wildman–Crippen LogP) is 5.05. The van der Waals surface area contributed by atoms with Crippen molar-refractivity contribution in [2.75, 3.05) is 6.54 Å². The minimum Gasteiger partial charge on any atom is -0.390 e. The molecule has 0 N–H and O–H groups in total. The van der Waals surface area contributed by atoms with Gasteiger partial charge in [0.2, 0.25) is 5.91 Å². The highest BCUT2D eigenvalue weighted by Gasteiger charge is 2.27. The lowest BCUT2D eigenvalue weighted by Gasteiger charge is -2.26. The molecule has 1 heterocycles. The van der Waals surface area contributed by atoms with Crippen molar-refractivity contribution < 1.29 is 14.0 Å². The van der Waals surface area contributed by atoms with Gasteiger partial charge in [-0.3, -0.25) is 4.79 Å². The van der Waals surface area contributed by atoms with Gasteiger partial charge < -0.3 is 9.74 Å². The maximum absolute atomic E-state index is 13.2. The molecule has 1 aliphatic rings. The van der Waals surface area contributed by atoms with Crippen LogP contribution in [0.3, 0.4) is 0 Å². The van der Waals surface area contributed by atoms with E-state index in [1.165, 1.54) is 12.1 Å². The molecule has 2 aromatic rings. The van der Waals surface area contributed by atoms with E-state index in [0.717, 1.165) is 16.8 Å². The number of hydrogen-bond donors (Lipinski definition) is 0. The fraction of sp³-hybridized carbons (Fsp3) is 0.364. The molecule has 0 aromatic heterocycles. The molecule has 148 valence electrons. The molecule has 2 aromatic carbocycles. The summed E-state index contributed by atoms with van der Waals surface area (Å²) in [7, 11) is 0. The minimum atomic E-state index is -0.288. The highest BCUT2D eigenvalue weighted by molar-refractivity contribution is 6.30. The van der Waals surface area contributed by atoms with E-state index < -0.39 is 0 Å². The SMILES string of the molecule is CC(C)CC(=O)N(Cc1ccc(F)cc1)C[C@H]1CC(c2ccc(Cl)cc2)=NO1. The third-order valence-corrected chi connectivity index (χ3v) is 4.81. The van der Waals surface area contributed by atoms with Crippen LogP contribution in [0.1, 0.15) is 37.8 Å². The summed E-state index contributed by atoms with van der Waals surface area (Å²) in [5, 5.41) is 4.87. The van der Waals surface area contributed by atoms with Gasteiger partial charge in [-0.2, -0.15) is 0 Å². The monoisotopic (exact) mass is 402 g/mol. The molecule has 0 bridgehead atoms. The Morgan fingerprint density at radius 1 is 1.21 bits per heavy atom. The van der Waals surface area contributed by atoms with Crippen LogP contribution in [0.15, 0.2) is 53.7 Å². The Hall–Kier alpha value is -2.40. The summed E-state index contributed by atoms with van der Waals surface area (Å²) in [6.45, 7) is 4.88. The number of nitrogens with zero attached hydrogens (tertiary/aromatic N) is 2. The molecule has 0 aliphatic carbocycles. The van der Waals surface area contributed by atoms with E-state index in [9.17, 15) is 9.18 Å². The molecule has 28 heavy (non-hydrogen) atoms. The fourth-order valence-corrected chi connectivity index (χ4v) is 3.25. The van der Waals surface area contributed by atoms with E-state index in [4.69, 9.17) is 16.4 Å². The highest BCUT2D eigenvalue weighted by Crippen LogP contribution is 2.21. The van der Waals surface area contributed by atoms with E-state index >= 15 is 0 Å². The van der Waals surface area contributed by atoms with Gasteiger partial charge in [0, 0.05) is 24.4 Å². The van der Waals surface area contributed by atoms with Gasteiger partial charge in [-0.25, -0.2) is 4.39 Å². The number of hydrogen-bond acceptors (Lipinski definition) is 3. The lowest BCUT2D eigenvalue weighted by atomic mass is 10.0. The molecule has 0 unspecified atom stereocenters. The Bertz CT molecular complexity index is 835. The van der Waals surface area contributed by atoms with Gasteiger partial charge in [0.05, 0.1) is 12.3 Å². The van der Waals surface area contributed by atoms with Crippen LogP contribution in [0.2, 0.25) is 5.02 Å². The topological polar surface area (TPSA) is 41.9 Å². The Balaban J connectivity index is 1.66. The number of benzene rings is 2. The molecule has 0 radical (unpaired) electrons. The first-order valence-corrected chi connectivity index (χ1v) is 9.79. The number of carbonyl (C=O) groups excluding carboxylic acids is 1. The maximum Gasteiger partial charge on any atom is 0.223 e. The summed E-state index contributed by atoms with van der Waals surface area (Å²) in [4.78, 5) is 20.1. The van der Waals surface area contributed by atoms with Crippen molar-refractivity contribution in [3.63, 3.8) is 0 Å². The van der Waals surface area contributed by atoms with E-state index in [1.54, 1.807) is 17.0 Å². The van der Waals surface area contributed by atoms with Crippen molar-refractivity contribution in [1.82, 2.24) is 4.90 Å². The highest BCUT2D eigenvalue weighted by atomic mass is 35.5.